The van der Waals surface area contributed by atoms with E-state index in [1.54, 1.807) is 10.7 Å². The fourth-order valence-corrected chi connectivity index (χ4v) is 3.80. The summed E-state index contributed by atoms with van der Waals surface area (Å²) in [6.45, 7) is 7.10. The lowest BCUT2D eigenvalue weighted by atomic mass is 10.1. The molecule has 3 aromatic rings. The maximum Gasteiger partial charge on any atom is 0.257 e. The van der Waals surface area contributed by atoms with Crippen LogP contribution in [0.4, 0.5) is 0 Å². The van der Waals surface area contributed by atoms with Gasteiger partial charge in [-0.15, -0.1) is 0 Å². The molecular formula is C21H25N5O. The molecule has 6 nitrogen and oxygen atoms in total. The fraction of sp³-hybridized carbons (Fsp3) is 0.381. The second-order valence-electron chi connectivity index (χ2n) is 7.01. The standard InChI is InChI=1S/C21H25N5O/c1-3-25(4-2)13-15-11-22-20-18(12-23-26(20)14-15)21(27)24-19-10-9-16-7-5-6-8-17(16)19/h5-8,11-12,14,19H,3-4,9-10,13H2,1-2H3,(H,24,27)/t19-/m0/s1. The van der Waals surface area contributed by atoms with Crippen molar-refractivity contribution in [3.05, 3.63) is 65.1 Å². The topological polar surface area (TPSA) is 62.5 Å². The number of nitrogens with zero attached hydrogens (tertiary/aromatic N) is 4. The first-order valence-corrected chi connectivity index (χ1v) is 9.62. The smallest absolute Gasteiger partial charge is 0.257 e. The molecule has 0 unspecified atom stereocenters. The number of aromatic nitrogens is 3. The van der Waals surface area contributed by atoms with Crippen LogP contribution in [0.5, 0.6) is 0 Å². The van der Waals surface area contributed by atoms with E-state index in [1.165, 1.54) is 11.1 Å². The van der Waals surface area contributed by atoms with Crippen LogP contribution in [0.25, 0.3) is 5.65 Å². The highest BCUT2D eigenvalue weighted by molar-refractivity contribution is 5.99. The number of carbonyl (C=O) groups is 1. The zero-order valence-corrected chi connectivity index (χ0v) is 15.9. The van der Waals surface area contributed by atoms with Gasteiger partial charge in [0.05, 0.1) is 12.2 Å². The molecule has 0 spiro atoms. The van der Waals surface area contributed by atoms with E-state index in [0.717, 1.165) is 38.0 Å². The van der Waals surface area contributed by atoms with Gasteiger partial charge in [0.25, 0.3) is 5.91 Å². The third-order valence-corrected chi connectivity index (χ3v) is 5.39. The molecule has 1 aliphatic carbocycles. The zero-order chi connectivity index (χ0) is 18.8. The average molecular weight is 363 g/mol. The number of rotatable bonds is 6. The molecule has 0 bridgehead atoms. The molecule has 1 aromatic carbocycles. The lowest BCUT2D eigenvalue weighted by Gasteiger charge is -2.17. The van der Waals surface area contributed by atoms with Gasteiger partial charge in [0.1, 0.15) is 5.56 Å². The summed E-state index contributed by atoms with van der Waals surface area (Å²) in [5.41, 5.74) is 4.75. The second-order valence-corrected chi connectivity index (χ2v) is 7.01. The molecule has 0 radical (unpaired) electrons. The number of amides is 1. The molecule has 2 heterocycles. The molecule has 2 aromatic heterocycles. The summed E-state index contributed by atoms with van der Waals surface area (Å²) < 4.78 is 1.70. The van der Waals surface area contributed by atoms with Crippen molar-refractivity contribution < 1.29 is 4.79 Å². The Bertz CT molecular complexity index is 960. The number of aryl methyl sites for hydroxylation is 1. The van der Waals surface area contributed by atoms with Crippen molar-refractivity contribution in [3.8, 4) is 0 Å². The van der Waals surface area contributed by atoms with Gasteiger partial charge < -0.3 is 5.32 Å². The molecule has 1 atom stereocenters. The van der Waals surface area contributed by atoms with Gasteiger partial charge in [-0.3, -0.25) is 9.69 Å². The van der Waals surface area contributed by atoms with E-state index in [9.17, 15) is 4.79 Å². The van der Waals surface area contributed by atoms with Crippen molar-refractivity contribution in [2.45, 2.75) is 39.3 Å². The summed E-state index contributed by atoms with van der Waals surface area (Å²) in [7, 11) is 0. The molecule has 0 saturated heterocycles. The Hall–Kier alpha value is -2.73. The molecule has 1 N–H and O–H groups in total. The highest BCUT2D eigenvalue weighted by Gasteiger charge is 2.25. The van der Waals surface area contributed by atoms with Gasteiger partial charge in [-0.05, 0) is 37.1 Å². The van der Waals surface area contributed by atoms with Crippen molar-refractivity contribution in [1.29, 1.82) is 0 Å². The van der Waals surface area contributed by atoms with Gasteiger partial charge in [-0.1, -0.05) is 38.1 Å². The monoisotopic (exact) mass is 363 g/mol. The van der Waals surface area contributed by atoms with E-state index < -0.39 is 0 Å². The third-order valence-electron chi connectivity index (χ3n) is 5.39. The maximum absolute atomic E-state index is 12.8. The minimum Gasteiger partial charge on any atom is -0.345 e. The van der Waals surface area contributed by atoms with E-state index in [-0.39, 0.29) is 11.9 Å². The van der Waals surface area contributed by atoms with Gasteiger partial charge >= 0.3 is 0 Å². The van der Waals surface area contributed by atoms with Crippen LogP contribution in [0.3, 0.4) is 0 Å². The number of nitrogens with one attached hydrogen (secondary N) is 1. The van der Waals surface area contributed by atoms with Crippen LogP contribution in [0.1, 0.15) is 53.4 Å². The summed E-state index contributed by atoms with van der Waals surface area (Å²) >= 11 is 0. The number of hydrogen-bond acceptors (Lipinski definition) is 4. The van der Waals surface area contributed by atoms with Crippen molar-refractivity contribution in [3.63, 3.8) is 0 Å². The summed E-state index contributed by atoms with van der Waals surface area (Å²) in [5.74, 6) is -0.115. The van der Waals surface area contributed by atoms with Gasteiger partial charge in [-0.25, -0.2) is 9.50 Å². The summed E-state index contributed by atoms with van der Waals surface area (Å²) in [4.78, 5) is 19.7. The third kappa shape index (κ3) is 3.45. The van der Waals surface area contributed by atoms with Crippen LogP contribution in [0.2, 0.25) is 0 Å². The second kappa shape index (κ2) is 7.48. The summed E-state index contributed by atoms with van der Waals surface area (Å²) in [6, 6.07) is 8.37. The van der Waals surface area contributed by atoms with E-state index in [4.69, 9.17) is 0 Å². The highest BCUT2D eigenvalue weighted by atomic mass is 16.1. The Labute approximate surface area is 159 Å². The number of benzene rings is 1. The van der Waals surface area contributed by atoms with E-state index in [1.807, 2.05) is 24.5 Å². The number of hydrogen-bond donors (Lipinski definition) is 1. The first kappa shape index (κ1) is 17.7. The lowest BCUT2D eigenvalue weighted by Crippen LogP contribution is -2.27. The van der Waals surface area contributed by atoms with Crippen molar-refractivity contribution in [2.75, 3.05) is 13.1 Å². The lowest BCUT2D eigenvalue weighted by molar-refractivity contribution is 0.0938. The van der Waals surface area contributed by atoms with Crippen molar-refractivity contribution in [2.24, 2.45) is 0 Å². The van der Waals surface area contributed by atoms with Crippen LogP contribution < -0.4 is 5.32 Å². The minimum absolute atomic E-state index is 0.0607. The van der Waals surface area contributed by atoms with Gasteiger partial charge in [0, 0.05) is 24.5 Å². The predicted molar refractivity (Wildman–Crippen MR) is 105 cm³/mol. The molecule has 6 heteroatoms. The predicted octanol–water partition coefficient (Wildman–Crippen LogP) is 2.99. The molecule has 0 saturated carbocycles. The fourth-order valence-electron chi connectivity index (χ4n) is 3.80. The van der Waals surface area contributed by atoms with Crippen molar-refractivity contribution in [1.82, 2.24) is 24.8 Å². The maximum atomic E-state index is 12.8. The average Bonchev–Trinajstić information content (AvgIpc) is 3.30. The normalized spacial score (nSPS) is 16.0. The molecule has 140 valence electrons. The van der Waals surface area contributed by atoms with Gasteiger partial charge in [0.2, 0.25) is 0 Å². The Balaban J connectivity index is 1.53. The number of fused-ring (bicyclic) bond motifs is 2. The molecule has 1 amide bonds. The number of carbonyl (C=O) groups excluding carboxylic acids is 1. The summed E-state index contributed by atoms with van der Waals surface area (Å²) in [5, 5.41) is 7.51. The quantitative estimate of drug-likeness (QED) is 0.731. The van der Waals surface area contributed by atoms with E-state index in [0.29, 0.717) is 11.2 Å². The highest BCUT2D eigenvalue weighted by Crippen LogP contribution is 2.31. The van der Waals surface area contributed by atoms with Crippen LogP contribution >= 0.6 is 0 Å². The minimum atomic E-state index is -0.115. The largest absolute Gasteiger partial charge is 0.345 e. The Morgan fingerprint density at radius 1 is 1.26 bits per heavy atom. The van der Waals surface area contributed by atoms with Crippen LogP contribution in [0, 0.1) is 0 Å². The SMILES string of the molecule is CCN(CC)Cc1cnc2c(C(=O)N[C@H]3CCc4ccccc43)cnn2c1. The molecular weight excluding hydrogens is 338 g/mol. The van der Waals surface area contributed by atoms with Gasteiger partial charge in [-0.2, -0.15) is 5.10 Å². The Kier molecular flexibility index (Phi) is 4.90. The molecule has 1 aliphatic rings. The molecule has 0 aliphatic heterocycles. The first-order valence-electron chi connectivity index (χ1n) is 9.62. The zero-order valence-electron chi connectivity index (χ0n) is 15.9. The van der Waals surface area contributed by atoms with Crippen molar-refractivity contribution >= 4 is 11.6 Å². The van der Waals surface area contributed by atoms with E-state index in [2.05, 4.69) is 46.3 Å². The van der Waals surface area contributed by atoms with Crippen LogP contribution in [-0.2, 0) is 13.0 Å². The summed E-state index contributed by atoms with van der Waals surface area (Å²) in [6.07, 6.45) is 7.35. The first-order chi connectivity index (χ1) is 13.2. The van der Waals surface area contributed by atoms with E-state index >= 15 is 0 Å². The molecule has 0 fully saturated rings. The van der Waals surface area contributed by atoms with Crippen LogP contribution in [-0.4, -0.2) is 38.5 Å². The molecule has 27 heavy (non-hydrogen) atoms. The Morgan fingerprint density at radius 2 is 2.07 bits per heavy atom. The molecule has 4 rings (SSSR count). The Morgan fingerprint density at radius 3 is 2.89 bits per heavy atom. The van der Waals surface area contributed by atoms with Crippen LogP contribution in [0.15, 0.2) is 42.9 Å². The van der Waals surface area contributed by atoms with Gasteiger partial charge in [0.15, 0.2) is 5.65 Å².